The highest BCUT2D eigenvalue weighted by molar-refractivity contribution is 7.13. The van der Waals surface area contributed by atoms with Crippen molar-refractivity contribution in [2.45, 2.75) is 32.7 Å². The van der Waals surface area contributed by atoms with E-state index in [9.17, 15) is 14.4 Å². The maximum absolute atomic E-state index is 13.0. The molecule has 2 amide bonds. The highest BCUT2D eigenvalue weighted by atomic mass is 32.1. The van der Waals surface area contributed by atoms with Crippen molar-refractivity contribution in [1.82, 2.24) is 4.98 Å². The second-order valence-corrected chi connectivity index (χ2v) is 8.65. The van der Waals surface area contributed by atoms with E-state index in [-0.39, 0.29) is 24.8 Å². The molecule has 3 aromatic rings. The normalized spacial score (nSPS) is 15.2. The summed E-state index contributed by atoms with van der Waals surface area (Å²) in [4.78, 5) is 43.6. The van der Waals surface area contributed by atoms with Crippen LogP contribution in [-0.4, -0.2) is 42.0 Å². The molecule has 2 heterocycles. The number of ether oxygens (including phenoxy) is 2. The Kier molecular flexibility index (Phi) is 7.22. The van der Waals surface area contributed by atoms with Crippen LogP contribution in [0.25, 0.3) is 10.6 Å². The second-order valence-electron chi connectivity index (χ2n) is 7.79. The average molecular weight is 480 g/mol. The van der Waals surface area contributed by atoms with E-state index in [1.165, 1.54) is 16.2 Å². The highest BCUT2D eigenvalue weighted by Crippen LogP contribution is 2.33. The standard InChI is InChI=1S/C25H25N3O5S/c1-3-32-21-11-7-4-8-18(21)25-26-17(15-34-25)13-24(31)33-14-23(30)28-16(2)12-22(29)27-19-9-5-6-10-20(19)28/h4-11,15-16H,3,12-14H2,1-2H3,(H,27,29). The Hall–Kier alpha value is -3.72. The Labute approximate surface area is 201 Å². The van der Waals surface area contributed by atoms with Gasteiger partial charge >= 0.3 is 5.97 Å². The van der Waals surface area contributed by atoms with Gasteiger partial charge in [0.25, 0.3) is 5.91 Å². The Bertz CT molecular complexity index is 1210. The molecular formula is C25H25N3O5S. The van der Waals surface area contributed by atoms with Crippen molar-refractivity contribution in [3.63, 3.8) is 0 Å². The molecule has 1 aliphatic heterocycles. The number of anilines is 2. The summed E-state index contributed by atoms with van der Waals surface area (Å²) in [5.74, 6) is -0.376. The molecule has 0 spiro atoms. The lowest BCUT2D eigenvalue weighted by Gasteiger charge is -2.27. The summed E-state index contributed by atoms with van der Waals surface area (Å²) < 4.78 is 10.9. The molecule has 1 unspecified atom stereocenters. The van der Waals surface area contributed by atoms with Crippen molar-refractivity contribution < 1.29 is 23.9 Å². The maximum Gasteiger partial charge on any atom is 0.312 e. The van der Waals surface area contributed by atoms with E-state index in [4.69, 9.17) is 9.47 Å². The number of hydrogen-bond donors (Lipinski definition) is 1. The fourth-order valence-corrected chi connectivity index (χ4v) is 4.66. The molecule has 1 aromatic heterocycles. The van der Waals surface area contributed by atoms with E-state index in [0.717, 1.165) is 16.3 Å². The largest absolute Gasteiger partial charge is 0.493 e. The third-order valence-electron chi connectivity index (χ3n) is 5.28. The van der Waals surface area contributed by atoms with Gasteiger partial charge in [-0.1, -0.05) is 24.3 Å². The fourth-order valence-electron chi connectivity index (χ4n) is 3.82. The first kappa shape index (κ1) is 23.4. The Balaban J connectivity index is 1.40. The minimum Gasteiger partial charge on any atom is -0.493 e. The molecule has 0 aliphatic carbocycles. The van der Waals surface area contributed by atoms with Gasteiger partial charge in [0.15, 0.2) is 6.61 Å². The average Bonchev–Trinajstić information content (AvgIpc) is 3.22. The van der Waals surface area contributed by atoms with Crippen LogP contribution in [0.15, 0.2) is 53.9 Å². The summed E-state index contributed by atoms with van der Waals surface area (Å²) in [6, 6.07) is 14.3. The molecule has 176 valence electrons. The number of carbonyl (C=O) groups excluding carboxylic acids is 3. The number of fused-ring (bicyclic) bond motifs is 1. The third-order valence-corrected chi connectivity index (χ3v) is 6.20. The van der Waals surface area contributed by atoms with Gasteiger partial charge in [0, 0.05) is 17.8 Å². The predicted molar refractivity (Wildman–Crippen MR) is 130 cm³/mol. The van der Waals surface area contributed by atoms with E-state index in [0.29, 0.717) is 23.7 Å². The molecule has 9 heteroatoms. The number of benzene rings is 2. The van der Waals surface area contributed by atoms with Crippen LogP contribution in [0, 0.1) is 0 Å². The van der Waals surface area contributed by atoms with Crippen molar-refractivity contribution >= 4 is 40.5 Å². The Morgan fingerprint density at radius 1 is 1.18 bits per heavy atom. The number of esters is 1. The minimum atomic E-state index is -0.548. The van der Waals surface area contributed by atoms with Gasteiger partial charge in [0.05, 0.1) is 35.7 Å². The Morgan fingerprint density at radius 2 is 1.94 bits per heavy atom. The summed E-state index contributed by atoms with van der Waals surface area (Å²) in [5.41, 5.74) is 2.56. The number of thiazole rings is 1. The zero-order chi connectivity index (χ0) is 24.1. The Morgan fingerprint density at radius 3 is 2.76 bits per heavy atom. The summed E-state index contributed by atoms with van der Waals surface area (Å²) >= 11 is 1.41. The first-order chi connectivity index (χ1) is 16.5. The number of para-hydroxylation sites is 3. The van der Waals surface area contributed by atoms with E-state index >= 15 is 0 Å². The van der Waals surface area contributed by atoms with Gasteiger partial charge in [0.2, 0.25) is 5.91 Å². The maximum atomic E-state index is 13.0. The van der Waals surface area contributed by atoms with Crippen LogP contribution in [0.4, 0.5) is 11.4 Å². The van der Waals surface area contributed by atoms with Gasteiger partial charge in [0.1, 0.15) is 10.8 Å². The van der Waals surface area contributed by atoms with Gasteiger partial charge in [-0.3, -0.25) is 14.4 Å². The zero-order valence-corrected chi connectivity index (χ0v) is 19.8. The van der Waals surface area contributed by atoms with Crippen molar-refractivity contribution in [1.29, 1.82) is 0 Å². The molecule has 1 N–H and O–H groups in total. The summed E-state index contributed by atoms with van der Waals surface area (Å²) in [5, 5.41) is 5.35. The molecule has 1 aliphatic rings. The van der Waals surface area contributed by atoms with Crippen LogP contribution in [0.5, 0.6) is 5.75 Å². The predicted octanol–water partition coefficient (Wildman–Crippen LogP) is 4.06. The molecule has 0 fully saturated rings. The number of aromatic nitrogens is 1. The van der Waals surface area contributed by atoms with Crippen LogP contribution in [0.1, 0.15) is 26.0 Å². The number of nitrogens with zero attached hydrogens (tertiary/aromatic N) is 2. The fraction of sp³-hybridized carbons (Fsp3) is 0.280. The van der Waals surface area contributed by atoms with E-state index in [2.05, 4.69) is 10.3 Å². The van der Waals surface area contributed by atoms with Crippen molar-refractivity contribution in [2.75, 3.05) is 23.4 Å². The minimum absolute atomic E-state index is 0.0488. The molecule has 8 nitrogen and oxygen atoms in total. The van der Waals surface area contributed by atoms with Gasteiger partial charge in [-0.05, 0) is 38.1 Å². The quantitative estimate of drug-likeness (QED) is 0.513. The van der Waals surface area contributed by atoms with Crippen LogP contribution in [0.2, 0.25) is 0 Å². The molecular weight excluding hydrogens is 454 g/mol. The number of amides is 2. The molecule has 1 atom stereocenters. The lowest BCUT2D eigenvalue weighted by molar-refractivity contribution is -0.147. The van der Waals surface area contributed by atoms with Crippen molar-refractivity contribution in [2.24, 2.45) is 0 Å². The lowest BCUT2D eigenvalue weighted by atomic mass is 10.1. The topological polar surface area (TPSA) is 97.8 Å². The van der Waals surface area contributed by atoms with Crippen LogP contribution >= 0.6 is 11.3 Å². The van der Waals surface area contributed by atoms with Gasteiger partial charge in [-0.2, -0.15) is 0 Å². The third kappa shape index (κ3) is 5.26. The zero-order valence-electron chi connectivity index (χ0n) is 18.9. The number of carbonyl (C=O) groups is 3. The summed E-state index contributed by atoms with van der Waals surface area (Å²) in [6.07, 6.45) is 0.103. The molecule has 0 saturated carbocycles. The second kappa shape index (κ2) is 10.5. The van der Waals surface area contributed by atoms with Crippen molar-refractivity contribution in [3.05, 3.63) is 59.6 Å². The molecule has 0 saturated heterocycles. The SMILES string of the molecule is CCOc1ccccc1-c1nc(CC(=O)OCC(=O)N2c3ccccc3NC(=O)CC2C)cs1. The number of nitrogens with one attached hydrogen (secondary N) is 1. The molecule has 34 heavy (non-hydrogen) atoms. The monoisotopic (exact) mass is 479 g/mol. The molecule has 0 bridgehead atoms. The van der Waals surface area contributed by atoms with Crippen molar-refractivity contribution in [3.8, 4) is 16.3 Å². The summed E-state index contributed by atoms with van der Waals surface area (Å²) in [6.45, 7) is 3.83. The van der Waals surface area contributed by atoms with Crippen LogP contribution in [-0.2, 0) is 25.5 Å². The summed E-state index contributed by atoms with van der Waals surface area (Å²) in [7, 11) is 0. The number of hydrogen-bond acceptors (Lipinski definition) is 7. The smallest absolute Gasteiger partial charge is 0.312 e. The molecule has 2 aromatic carbocycles. The van der Waals surface area contributed by atoms with E-state index in [1.54, 1.807) is 36.6 Å². The number of rotatable bonds is 7. The molecule has 4 rings (SSSR count). The van der Waals surface area contributed by atoms with Crippen LogP contribution in [0.3, 0.4) is 0 Å². The van der Waals surface area contributed by atoms with Crippen LogP contribution < -0.4 is 15.0 Å². The first-order valence-electron chi connectivity index (χ1n) is 11.0. The van der Waals surface area contributed by atoms with Gasteiger partial charge in [-0.25, -0.2) is 4.98 Å². The van der Waals surface area contributed by atoms with E-state index < -0.39 is 18.5 Å². The highest BCUT2D eigenvalue weighted by Gasteiger charge is 2.30. The van der Waals surface area contributed by atoms with Gasteiger partial charge in [-0.15, -0.1) is 11.3 Å². The molecule has 0 radical (unpaired) electrons. The van der Waals surface area contributed by atoms with Gasteiger partial charge < -0.3 is 19.7 Å². The van der Waals surface area contributed by atoms with E-state index in [1.807, 2.05) is 31.2 Å². The first-order valence-corrected chi connectivity index (χ1v) is 11.9. The lowest BCUT2D eigenvalue weighted by Crippen LogP contribution is -2.41.